The van der Waals surface area contributed by atoms with Gasteiger partial charge in [-0.15, -0.1) is 0 Å². The third-order valence-corrected chi connectivity index (χ3v) is 9.18. The molecule has 3 aromatic rings. The number of amides is 1. The topological polar surface area (TPSA) is 48.5 Å². The van der Waals surface area contributed by atoms with Crippen molar-refractivity contribution in [2.75, 3.05) is 58.4 Å². The van der Waals surface area contributed by atoms with E-state index in [1.165, 1.54) is 11.3 Å². The summed E-state index contributed by atoms with van der Waals surface area (Å²) in [5.41, 5.74) is 5.62. The molecule has 1 saturated heterocycles. The number of carbonyl (C=O) groups excluding carboxylic acids is 1. The Labute approximate surface area is 258 Å². The van der Waals surface area contributed by atoms with Gasteiger partial charge in [0.15, 0.2) is 11.5 Å². The van der Waals surface area contributed by atoms with Crippen LogP contribution < -0.4 is 14.4 Å². The normalized spacial score (nSPS) is 16.2. The Morgan fingerprint density at radius 3 is 2.30 bits per heavy atom. The monoisotopic (exact) mass is 584 g/mol. The van der Waals surface area contributed by atoms with Crippen molar-refractivity contribution in [3.8, 4) is 11.5 Å². The highest BCUT2D eigenvalue weighted by Crippen LogP contribution is 2.40. The Morgan fingerprint density at radius 1 is 0.884 bits per heavy atom. The number of ether oxygens (including phenoxy) is 2. The lowest BCUT2D eigenvalue weighted by atomic mass is 9.99. The van der Waals surface area contributed by atoms with Crippen molar-refractivity contribution in [2.24, 2.45) is 0 Å². The molecule has 1 amide bonds. The largest absolute Gasteiger partial charge is 0.493 e. The fourth-order valence-corrected chi connectivity index (χ4v) is 6.58. The van der Waals surface area contributed by atoms with E-state index in [-0.39, 0.29) is 11.9 Å². The van der Waals surface area contributed by atoms with Crippen LogP contribution >= 0.6 is 0 Å². The first kappa shape index (κ1) is 30.9. The second kappa shape index (κ2) is 14.3. The molecule has 0 N–H and O–H groups in total. The molecule has 2 aliphatic rings. The van der Waals surface area contributed by atoms with Crippen molar-refractivity contribution in [1.29, 1.82) is 0 Å². The molecule has 0 aliphatic carbocycles. The molecule has 0 saturated carbocycles. The lowest BCUT2D eigenvalue weighted by Gasteiger charge is -2.36. The van der Waals surface area contributed by atoms with Crippen LogP contribution in [0.2, 0.25) is 0 Å². The number of fused-ring (bicyclic) bond motifs is 1. The summed E-state index contributed by atoms with van der Waals surface area (Å²) < 4.78 is 11.2. The number of methoxy groups -OCH3 is 2. The first-order chi connectivity index (χ1) is 20.9. The van der Waals surface area contributed by atoms with Gasteiger partial charge in [0.25, 0.3) is 5.91 Å². The van der Waals surface area contributed by atoms with Gasteiger partial charge in [-0.2, -0.15) is 0 Å². The molecule has 0 aromatic heterocycles. The zero-order valence-electron chi connectivity index (χ0n) is 26.6. The highest BCUT2D eigenvalue weighted by molar-refractivity contribution is 6.00. The molecule has 5 rings (SSSR count). The van der Waals surface area contributed by atoms with Crippen LogP contribution in [0.5, 0.6) is 11.5 Å². The van der Waals surface area contributed by atoms with E-state index in [0.717, 1.165) is 75.3 Å². The van der Waals surface area contributed by atoms with E-state index in [0.29, 0.717) is 24.1 Å². The summed E-state index contributed by atoms with van der Waals surface area (Å²) in [4.78, 5) is 23.7. The summed E-state index contributed by atoms with van der Waals surface area (Å²) in [6.07, 6.45) is 1.83. The number of benzene rings is 3. The zero-order valence-corrected chi connectivity index (χ0v) is 26.6. The molecular formula is C36H48N4O3. The van der Waals surface area contributed by atoms with Gasteiger partial charge >= 0.3 is 0 Å². The van der Waals surface area contributed by atoms with Gasteiger partial charge in [-0.1, -0.05) is 49.4 Å². The van der Waals surface area contributed by atoms with Gasteiger partial charge in [-0.3, -0.25) is 9.69 Å². The Morgan fingerprint density at radius 2 is 1.63 bits per heavy atom. The molecule has 7 heteroatoms. The molecule has 1 fully saturated rings. The molecule has 1 unspecified atom stereocenters. The van der Waals surface area contributed by atoms with Crippen LogP contribution in [0.4, 0.5) is 5.69 Å². The summed E-state index contributed by atoms with van der Waals surface area (Å²) in [7, 11) is 3.33. The number of hydrogen-bond acceptors (Lipinski definition) is 6. The number of carbonyl (C=O) groups is 1. The Hall–Kier alpha value is -3.55. The Kier molecular flexibility index (Phi) is 10.3. The lowest BCUT2D eigenvalue weighted by molar-refractivity contribution is 0.0683. The average molecular weight is 585 g/mol. The van der Waals surface area contributed by atoms with Gasteiger partial charge in [-0.05, 0) is 75.2 Å². The minimum Gasteiger partial charge on any atom is -0.493 e. The van der Waals surface area contributed by atoms with Crippen LogP contribution in [-0.4, -0.2) is 80.1 Å². The van der Waals surface area contributed by atoms with Crippen LogP contribution in [-0.2, 0) is 13.1 Å². The highest BCUT2D eigenvalue weighted by atomic mass is 16.5. The maximum Gasteiger partial charge on any atom is 0.255 e. The summed E-state index contributed by atoms with van der Waals surface area (Å²) in [6, 6.07) is 23.4. The molecule has 43 heavy (non-hydrogen) atoms. The maximum atomic E-state index is 14.1. The van der Waals surface area contributed by atoms with Gasteiger partial charge in [0, 0.05) is 62.1 Å². The van der Waals surface area contributed by atoms with Crippen molar-refractivity contribution >= 4 is 11.6 Å². The SMILES string of the molecule is CCN1CCN(c2cccc3c2CN(C(CCCN(Cc2ccccc2)C(C)C)c2ccc(OC)c(OC)c2)C3=O)CC1. The van der Waals surface area contributed by atoms with Crippen LogP contribution in [0.1, 0.15) is 66.7 Å². The summed E-state index contributed by atoms with van der Waals surface area (Å²) in [6.45, 7) is 14.4. The van der Waals surface area contributed by atoms with E-state index in [1.54, 1.807) is 14.2 Å². The van der Waals surface area contributed by atoms with Crippen LogP contribution in [0, 0.1) is 0 Å². The summed E-state index contributed by atoms with van der Waals surface area (Å²) in [5, 5.41) is 0. The average Bonchev–Trinajstić information content (AvgIpc) is 3.38. The minimum absolute atomic E-state index is 0.0739. The number of nitrogens with zero attached hydrogens (tertiary/aromatic N) is 4. The van der Waals surface area contributed by atoms with Crippen molar-refractivity contribution in [3.63, 3.8) is 0 Å². The number of likely N-dealkylation sites (N-methyl/N-ethyl adjacent to an activating group) is 1. The van der Waals surface area contributed by atoms with E-state index in [2.05, 4.69) is 95.0 Å². The Bertz CT molecular complexity index is 1350. The highest BCUT2D eigenvalue weighted by Gasteiger charge is 2.36. The second-order valence-electron chi connectivity index (χ2n) is 12.0. The number of hydrogen-bond donors (Lipinski definition) is 0. The molecule has 2 heterocycles. The molecule has 0 radical (unpaired) electrons. The molecule has 230 valence electrons. The molecule has 1 atom stereocenters. The maximum absolute atomic E-state index is 14.1. The molecule has 7 nitrogen and oxygen atoms in total. The lowest BCUT2D eigenvalue weighted by Crippen LogP contribution is -2.46. The minimum atomic E-state index is -0.0739. The van der Waals surface area contributed by atoms with Gasteiger partial charge in [-0.25, -0.2) is 0 Å². The number of anilines is 1. The molecule has 0 spiro atoms. The van der Waals surface area contributed by atoms with Crippen molar-refractivity contribution in [3.05, 3.63) is 89.0 Å². The van der Waals surface area contributed by atoms with Crippen LogP contribution in [0.25, 0.3) is 0 Å². The Balaban J connectivity index is 1.39. The van der Waals surface area contributed by atoms with E-state index < -0.39 is 0 Å². The van der Waals surface area contributed by atoms with Gasteiger partial charge < -0.3 is 24.2 Å². The molecular weight excluding hydrogens is 536 g/mol. The van der Waals surface area contributed by atoms with Crippen molar-refractivity contribution in [1.82, 2.24) is 14.7 Å². The van der Waals surface area contributed by atoms with Crippen molar-refractivity contribution < 1.29 is 14.3 Å². The van der Waals surface area contributed by atoms with E-state index in [1.807, 2.05) is 12.1 Å². The third kappa shape index (κ3) is 7.00. The van der Waals surface area contributed by atoms with Gasteiger partial charge in [0.1, 0.15) is 0 Å². The predicted molar refractivity (Wildman–Crippen MR) is 174 cm³/mol. The fourth-order valence-electron chi connectivity index (χ4n) is 6.58. The molecule has 3 aromatic carbocycles. The molecule has 2 aliphatic heterocycles. The van der Waals surface area contributed by atoms with Gasteiger partial charge in [0.2, 0.25) is 0 Å². The third-order valence-electron chi connectivity index (χ3n) is 9.18. The van der Waals surface area contributed by atoms with Crippen LogP contribution in [0.3, 0.4) is 0 Å². The van der Waals surface area contributed by atoms with Crippen LogP contribution in [0.15, 0.2) is 66.7 Å². The smallest absolute Gasteiger partial charge is 0.255 e. The first-order valence-electron chi connectivity index (χ1n) is 15.8. The zero-order chi connectivity index (χ0) is 30.3. The van der Waals surface area contributed by atoms with E-state index in [9.17, 15) is 4.79 Å². The standard InChI is InChI=1S/C36H48N4O3/c1-6-37-20-22-38(23-21-37)33-15-10-14-30-31(33)26-40(36(30)41)32(29-17-18-34(42-4)35(24-29)43-5)16-11-19-39(27(2)3)25-28-12-8-7-9-13-28/h7-10,12-15,17-18,24,27,32H,6,11,16,19-23,25-26H2,1-5H3. The van der Waals surface area contributed by atoms with Gasteiger partial charge in [0.05, 0.1) is 20.3 Å². The summed E-state index contributed by atoms with van der Waals surface area (Å²) >= 11 is 0. The summed E-state index contributed by atoms with van der Waals surface area (Å²) in [5.74, 6) is 1.51. The first-order valence-corrected chi connectivity index (χ1v) is 15.8. The predicted octanol–water partition coefficient (Wildman–Crippen LogP) is 6.23. The number of rotatable bonds is 13. The molecule has 0 bridgehead atoms. The fraction of sp³-hybridized carbons (Fsp3) is 0.472. The number of piperazine rings is 1. The van der Waals surface area contributed by atoms with E-state index >= 15 is 0 Å². The van der Waals surface area contributed by atoms with Crippen molar-refractivity contribution in [2.45, 2.75) is 58.8 Å². The second-order valence-corrected chi connectivity index (χ2v) is 12.0. The van der Waals surface area contributed by atoms with E-state index in [4.69, 9.17) is 9.47 Å². The quantitative estimate of drug-likeness (QED) is 0.237.